The lowest BCUT2D eigenvalue weighted by molar-refractivity contribution is 0.1000. The van der Waals surface area contributed by atoms with Gasteiger partial charge in [0.15, 0.2) is 10.9 Å². The van der Waals surface area contributed by atoms with E-state index in [0.717, 1.165) is 18.7 Å². The molecule has 0 unspecified atom stereocenters. The summed E-state index contributed by atoms with van der Waals surface area (Å²) in [5, 5.41) is 11.2. The zero-order valence-electron chi connectivity index (χ0n) is 10.1. The zero-order chi connectivity index (χ0) is 13.4. The Morgan fingerprint density at radius 3 is 2.84 bits per heavy atom. The maximum atomic E-state index is 11.9. The van der Waals surface area contributed by atoms with Crippen LogP contribution in [0.5, 0.6) is 0 Å². The van der Waals surface area contributed by atoms with Crippen molar-refractivity contribution < 1.29 is 9.59 Å². The average molecular weight is 277 g/mol. The maximum Gasteiger partial charge on any atom is 0.297 e. The van der Waals surface area contributed by atoms with Crippen LogP contribution < -0.4 is 5.32 Å². The van der Waals surface area contributed by atoms with E-state index in [-0.39, 0.29) is 11.6 Å². The summed E-state index contributed by atoms with van der Waals surface area (Å²) in [6, 6.07) is 0. The molecule has 0 aromatic carbocycles. The van der Waals surface area contributed by atoms with Gasteiger partial charge >= 0.3 is 0 Å². The van der Waals surface area contributed by atoms with Gasteiger partial charge in [-0.05, 0) is 12.8 Å². The Bertz CT molecular complexity index is 643. The molecular formula is C11H11N5O2S. The van der Waals surface area contributed by atoms with Gasteiger partial charge in [0.1, 0.15) is 11.5 Å². The molecule has 0 atom stereocenters. The minimum atomic E-state index is -0.424. The molecular weight excluding hydrogens is 266 g/mol. The van der Waals surface area contributed by atoms with Gasteiger partial charge in [0.2, 0.25) is 5.82 Å². The van der Waals surface area contributed by atoms with E-state index in [0.29, 0.717) is 16.7 Å². The van der Waals surface area contributed by atoms with Crippen molar-refractivity contribution in [3.05, 3.63) is 22.7 Å². The maximum absolute atomic E-state index is 11.9. The average Bonchev–Trinajstić information content (AvgIpc) is 2.92. The lowest BCUT2D eigenvalue weighted by Crippen LogP contribution is -2.13. The third-order valence-corrected chi connectivity index (χ3v) is 3.51. The molecule has 98 valence electrons. The molecule has 0 radical (unpaired) electrons. The second-order valence-electron chi connectivity index (χ2n) is 4.37. The number of aromatic nitrogens is 4. The van der Waals surface area contributed by atoms with Gasteiger partial charge in [-0.15, -0.1) is 16.4 Å². The quantitative estimate of drug-likeness (QED) is 0.826. The number of nitrogens with one attached hydrogen (secondary N) is 2. The first kappa shape index (κ1) is 12.0. The third-order valence-electron chi connectivity index (χ3n) is 2.76. The van der Waals surface area contributed by atoms with Crippen molar-refractivity contribution in [2.24, 2.45) is 0 Å². The number of anilines is 1. The fourth-order valence-corrected chi connectivity index (χ4v) is 2.31. The first-order valence-corrected chi connectivity index (χ1v) is 6.71. The van der Waals surface area contributed by atoms with Crippen molar-refractivity contribution in [1.82, 2.24) is 20.2 Å². The van der Waals surface area contributed by atoms with Gasteiger partial charge in [-0.3, -0.25) is 20.0 Å². The first-order chi connectivity index (χ1) is 9.13. The minimum Gasteiger partial charge on any atom is -0.295 e. The van der Waals surface area contributed by atoms with E-state index in [1.54, 1.807) is 5.38 Å². The van der Waals surface area contributed by atoms with Gasteiger partial charge in [-0.2, -0.15) is 0 Å². The van der Waals surface area contributed by atoms with E-state index >= 15 is 0 Å². The Morgan fingerprint density at radius 2 is 2.21 bits per heavy atom. The molecule has 1 aliphatic rings. The second-order valence-corrected chi connectivity index (χ2v) is 5.22. The smallest absolute Gasteiger partial charge is 0.295 e. The molecule has 0 spiro atoms. The molecule has 0 bridgehead atoms. The molecule has 0 saturated heterocycles. The van der Waals surface area contributed by atoms with E-state index in [2.05, 4.69) is 25.5 Å². The monoisotopic (exact) mass is 277 g/mol. The summed E-state index contributed by atoms with van der Waals surface area (Å²) in [6.45, 7) is 1.43. The van der Waals surface area contributed by atoms with Gasteiger partial charge in [0.25, 0.3) is 5.91 Å². The number of aromatic amines is 1. The van der Waals surface area contributed by atoms with Crippen LogP contribution in [0.1, 0.15) is 52.6 Å². The van der Waals surface area contributed by atoms with Gasteiger partial charge in [0, 0.05) is 18.2 Å². The van der Waals surface area contributed by atoms with Gasteiger partial charge in [-0.1, -0.05) is 0 Å². The Kier molecular flexibility index (Phi) is 2.86. The second kappa shape index (κ2) is 4.54. The molecule has 8 heteroatoms. The summed E-state index contributed by atoms with van der Waals surface area (Å²) in [5.74, 6) is 0.715. The molecule has 2 aromatic rings. The molecule has 19 heavy (non-hydrogen) atoms. The fourth-order valence-electron chi connectivity index (χ4n) is 1.56. The molecule has 1 saturated carbocycles. The topological polar surface area (TPSA) is 101 Å². The van der Waals surface area contributed by atoms with Crippen LogP contribution in [0, 0.1) is 0 Å². The van der Waals surface area contributed by atoms with Crippen molar-refractivity contribution in [2.45, 2.75) is 25.7 Å². The van der Waals surface area contributed by atoms with E-state index in [1.165, 1.54) is 18.3 Å². The highest BCUT2D eigenvalue weighted by atomic mass is 32.1. The van der Waals surface area contributed by atoms with Crippen molar-refractivity contribution in [3.8, 4) is 0 Å². The van der Waals surface area contributed by atoms with Crippen molar-refractivity contribution in [1.29, 1.82) is 0 Å². The first-order valence-electron chi connectivity index (χ1n) is 5.83. The summed E-state index contributed by atoms with van der Waals surface area (Å²) in [7, 11) is 0. The number of Topliss-reactive ketones (excluding diaryl/α,β-unsaturated/α-hetero) is 1. The standard InChI is InChI=1S/C11H11N5O2S/c1-5(17)7-4-19-11(12-7)14-10(18)9-13-8(15-16-9)6-2-3-6/h4,6H,2-3H2,1H3,(H,12,14,18)(H,13,15,16). The molecule has 2 N–H and O–H groups in total. The highest BCUT2D eigenvalue weighted by molar-refractivity contribution is 7.14. The summed E-state index contributed by atoms with van der Waals surface area (Å²) in [6.07, 6.45) is 2.18. The fraction of sp³-hybridized carbons (Fsp3) is 0.364. The summed E-state index contributed by atoms with van der Waals surface area (Å²) < 4.78 is 0. The van der Waals surface area contributed by atoms with Gasteiger partial charge in [0.05, 0.1) is 0 Å². The molecule has 0 aliphatic heterocycles. The van der Waals surface area contributed by atoms with Gasteiger partial charge in [-0.25, -0.2) is 9.97 Å². The number of amides is 1. The van der Waals surface area contributed by atoms with Crippen LogP contribution in [0.3, 0.4) is 0 Å². The van der Waals surface area contributed by atoms with Crippen LogP contribution in [0.2, 0.25) is 0 Å². The predicted octanol–water partition coefficient (Wildman–Crippen LogP) is 1.59. The molecule has 2 aromatic heterocycles. The number of hydrogen-bond acceptors (Lipinski definition) is 6. The lowest BCUT2D eigenvalue weighted by Gasteiger charge is -1.95. The van der Waals surface area contributed by atoms with Crippen molar-refractivity contribution >= 4 is 28.2 Å². The summed E-state index contributed by atoms with van der Waals surface area (Å²) >= 11 is 1.20. The summed E-state index contributed by atoms with van der Waals surface area (Å²) in [4.78, 5) is 31.1. The number of carbonyl (C=O) groups is 2. The Balaban J connectivity index is 1.70. The van der Waals surface area contributed by atoms with Gasteiger partial charge < -0.3 is 0 Å². The third kappa shape index (κ3) is 2.53. The van der Waals surface area contributed by atoms with E-state index in [4.69, 9.17) is 0 Å². The van der Waals surface area contributed by atoms with Crippen LogP contribution >= 0.6 is 11.3 Å². The molecule has 1 aliphatic carbocycles. The zero-order valence-corrected chi connectivity index (χ0v) is 11.0. The molecule has 7 nitrogen and oxygen atoms in total. The molecule has 2 heterocycles. The van der Waals surface area contributed by atoms with Crippen LogP contribution in [0.15, 0.2) is 5.38 Å². The Hall–Kier alpha value is -2.09. The molecule has 1 fully saturated rings. The largest absolute Gasteiger partial charge is 0.297 e. The lowest BCUT2D eigenvalue weighted by atomic mass is 10.4. The number of rotatable bonds is 4. The number of hydrogen-bond donors (Lipinski definition) is 2. The number of carbonyl (C=O) groups excluding carboxylic acids is 2. The Morgan fingerprint density at radius 1 is 1.42 bits per heavy atom. The van der Waals surface area contributed by atoms with E-state index in [1.807, 2.05) is 0 Å². The Labute approximate surface area is 112 Å². The van der Waals surface area contributed by atoms with Crippen LogP contribution in [-0.4, -0.2) is 31.9 Å². The van der Waals surface area contributed by atoms with Crippen LogP contribution in [0.25, 0.3) is 0 Å². The predicted molar refractivity (Wildman–Crippen MR) is 68.4 cm³/mol. The molecule has 3 rings (SSSR count). The van der Waals surface area contributed by atoms with Crippen LogP contribution in [-0.2, 0) is 0 Å². The normalized spacial score (nSPS) is 14.4. The van der Waals surface area contributed by atoms with E-state index in [9.17, 15) is 9.59 Å². The number of H-pyrrole nitrogens is 1. The number of ketones is 1. The van der Waals surface area contributed by atoms with Crippen molar-refractivity contribution in [2.75, 3.05) is 5.32 Å². The van der Waals surface area contributed by atoms with E-state index < -0.39 is 5.91 Å². The SMILES string of the molecule is CC(=O)c1csc(NC(=O)c2n[nH]c(C3CC3)n2)n1. The summed E-state index contributed by atoms with van der Waals surface area (Å²) in [5.41, 5.74) is 0.342. The minimum absolute atomic E-state index is 0.0986. The highest BCUT2D eigenvalue weighted by Gasteiger charge is 2.28. The number of thiazole rings is 1. The molecule has 1 amide bonds. The number of nitrogens with zero attached hydrogens (tertiary/aromatic N) is 3. The highest BCUT2D eigenvalue weighted by Crippen LogP contribution is 2.37. The van der Waals surface area contributed by atoms with Crippen LogP contribution in [0.4, 0.5) is 5.13 Å². The van der Waals surface area contributed by atoms with Crippen molar-refractivity contribution in [3.63, 3.8) is 0 Å².